The number of aliphatic carboxylic acids is 1. The van der Waals surface area contributed by atoms with Crippen molar-refractivity contribution < 1.29 is 38.7 Å². The quantitative estimate of drug-likeness (QED) is 0.0436. The maximum absolute atomic E-state index is 14.8. The lowest BCUT2D eigenvalue weighted by atomic mass is 9.94. The van der Waals surface area contributed by atoms with E-state index in [1.54, 1.807) is 56.6 Å². The second-order valence-corrected chi connectivity index (χ2v) is 16.7. The average molecular weight is 892 g/mol. The summed E-state index contributed by atoms with van der Waals surface area (Å²) in [6.45, 7) is 7.13. The minimum absolute atomic E-state index is 0.00589. The van der Waals surface area contributed by atoms with Gasteiger partial charge in [-0.1, -0.05) is 107 Å². The van der Waals surface area contributed by atoms with E-state index in [4.69, 9.17) is 11.5 Å². The lowest BCUT2D eigenvalue weighted by Gasteiger charge is -2.30. The summed E-state index contributed by atoms with van der Waals surface area (Å²) < 4.78 is 0. The number of carboxylic acids is 1. The van der Waals surface area contributed by atoms with Crippen molar-refractivity contribution in [1.29, 1.82) is 0 Å². The van der Waals surface area contributed by atoms with Gasteiger partial charge in [0.25, 0.3) is 0 Å². The number of H-pyrrole nitrogens is 2. The number of carbonyl (C=O) groups is 7. The molecule has 8 atom stereocenters. The van der Waals surface area contributed by atoms with Crippen LogP contribution in [0.15, 0.2) is 91.3 Å². The van der Waals surface area contributed by atoms with Crippen LogP contribution in [0.25, 0.3) is 21.8 Å². The molecule has 12 N–H and O–H groups in total. The Balaban J connectivity index is 1.48. The molecule has 0 unspecified atom stereocenters. The van der Waals surface area contributed by atoms with Crippen molar-refractivity contribution in [3.63, 3.8) is 0 Å². The highest BCUT2D eigenvalue weighted by Gasteiger charge is 2.36. The Morgan fingerprint density at radius 3 is 1.49 bits per heavy atom. The smallest absolute Gasteiger partial charge is 0.326 e. The Morgan fingerprint density at radius 2 is 1.00 bits per heavy atom. The van der Waals surface area contributed by atoms with Gasteiger partial charge in [0.05, 0.1) is 6.04 Å². The van der Waals surface area contributed by atoms with E-state index in [0.29, 0.717) is 29.5 Å². The molecule has 17 heteroatoms. The molecule has 346 valence electrons. The highest BCUT2D eigenvalue weighted by Crippen LogP contribution is 2.22. The first-order valence-corrected chi connectivity index (χ1v) is 22.0. The molecule has 0 bridgehead atoms. The number of nitrogens with two attached hydrogens (primary N) is 2. The lowest BCUT2D eigenvalue weighted by molar-refractivity contribution is -0.144. The van der Waals surface area contributed by atoms with E-state index in [1.165, 1.54) is 0 Å². The number of carbonyl (C=O) groups excluding carboxylic acids is 6. The van der Waals surface area contributed by atoms with Gasteiger partial charge in [0, 0.05) is 59.9 Å². The molecule has 0 saturated carbocycles. The van der Waals surface area contributed by atoms with Crippen molar-refractivity contribution in [2.45, 2.75) is 109 Å². The Hall–Kier alpha value is -7.01. The number of aromatic amines is 2. The third kappa shape index (κ3) is 13.3. The fourth-order valence-electron chi connectivity index (χ4n) is 7.65. The van der Waals surface area contributed by atoms with Crippen molar-refractivity contribution in [2.75, 3.05) is 0 Å². The van der Waals surface area contributed by atoms with E-state index in [2.05, 4.69) is 36.6 Å². The van der Waals surface area contributed by atoms with Gasteiger partial charge in [-0.15, -0.1) is 0 Å². The number of para-hydroxylation sites is 2. The first-order chi connectivity index (χ1) is 31.1. The van der Waals surface area contributed by atoms with E-state index in [9.17, 15) is 38.7 Å². The number of rotatable bonds is 24. The average Bonchev–Trinajstić information content (AvgIpc) is 3.91. The molecule has 2 heterocycles. The van der Waals surface area contributed by atoms with E-state index >= 15 is 0 Å². The Bertz CT molecular complexity index is 2450. The van der Waals surface area contributed by atoms with Crippen molar-refractivity contribution in [1.82, 2.24) is 36.6 Å². The normalized spacial score (nSPS) is 15.0. The fraction of sp³-hybridized carbons (Fsp3) is 0.396. The standard InChI is InChI=1S/C48H61N9O8/c1-5-27(3)41(47(63)57-42(48(64)65)28(4)6-2)56-46(62)37(22-29-14-8-7-9-15-29)54-45(61)39(24-31-26-52-36-19-13-11-17-33(31)36)55-44(60)38(53-43(59)34(49)20-21-40(50)58)23-30-25-51-35-18-12-10-16-32(30)35/h7-19,25-28,34,37-39,41-42,51-52H,5-6,20-24,49H2,1-4H3,(H2,50,58)(H,53,59)(H,54,61)(H,55,60)(H,56,62)(H,57,63)(H,64,65)/t27-,28-,34-,37-,38-,39-,41-,42-/m0/s1. The summed E-state index contributed by atoms with van der Waals surface area (Å²) in [5.41, 5.74) is 15.1. The van der Waals surface area contributed by atoms with Crippen LogP contribution in [0.5, 0.6) is 0 Å². The molecule has 65 heavy (non-hydrogen) atoms. The minimum atomic E-state index is -1.32. The molecule has 0 fully saturated rings. The predicted octanol–water partition coefficient (Wildman–Crippen LogP) is 2.87. The summed E-state index contributed by atoms with van der Waals surface area (Å²) in [6, 6.07) is 16.4. The van der Waals surface area contributed by atoms with Crippen LogP contribution in [0.3, 0.4) is 0 Å². The van der Waals surface area contributed by atoms with Crippen LogP contribution in [0.4, 0.5) is 0 Å². The van der Waals surface area contributed by atoms with Gasteiger partial charge in [-0.2, -0.15) is 0 Å². The van der Waals surface area contributed by atoms with Crippen molar-refractivity contribution in [3.05, 3.63) is 108 Å². The summed E-state index contributed by atoms with van der Waals surface area (Å²) >= 11 is 0. The first kappa shape index (κ1) is 49.0. The van der Waals surface area contributed by atoms with E-state index in [-0.39, 0.29) is 32.1 Å². The van der Waals surface area contributed by atoms with Crippen LogP contribution in [0.1, 0.15) is 70.1 Å². The molecule has 2 aromatic heterocycles. The Morgan fingerprint density at radius 1 is 0.569 bits per heavy atom. The van der Waals surface area contributed by atoms with Crippen LogP contribution in [-0.2, 0) is 52.8 Å². The molecule has 6 amide bonds. The summed E-state index contributed by atoms with van der Waals surface area (Å²) in [4.78, 5) is 101. The molecule has 5 aromatic rings. The number of benzene rings is 3. The van der Waals surface area contributed by atoms with Gasteiger partial charge in [-0.3, -0.25) is 28.8 Å². The minimum Gasteiger partial charge on any atom is -0.480 e. The molecule has 0 radical (unpaired) electrons. The van der Waals surface area contributed by atoms with Crippen LogP contribution in [0, 0.1) is 11.8 Å². The number of amides is 6. The molecular formula is C48H61N9O8. The number of fused-ring (bicyclic) bond motifs is 2. The first-order valence-electron chi connectivity index (χ1n) is 22.0. The predicted molar refractivity (Wildman–Crippen MR) is 247 cm³/mol. The number of nitrogens with one attached hydrogen (secondary N) is 7. The molecule has 17 nitrogen and oxygen atoms in total. The third-order valence-electron chi connectivity index (χ3n) is 12.0. The van der Waals surface area contributed by atoms with Gasteiger partial charge in [-0.25, -0.2) is 4.79 Å². The number of aromatic nitrogens is 2. The second-order valence-electron chi connectivity index (χ2n) is 16.7. The summed E-state index contributed by atoms with van der Waals surface area (Å²) in [5, 5.41) is 25.4. The number of hydrogen-bond acceptors (Lipinski definition) is 8. The number of primary amides is 1. The largest absolute Gasteiger partial charge is 0.480 e. The van der Waals surface area contributed by atoms with Gasteiger partial charge >= 0.3 is 5.97 Å². The highest BCUT2D eigenvalue weighted by atomic mass is 16.4. The fourth-order valence-corrected chi connectivity index (χ4v) is 7.65. The highest BCUT2D eigenvalue weighted by molar-refractivity contribution is 5.97. The van der Waals surface area contributed by atoms with E-state index in [1.807, 2.05) is 62.4 Å². The Kier molecular flexibility index (Phi) is 17.4. The zero-order valence-corrected chi connectivity index (χ0v) is 37.2. The monoisotopic (exact) mass is 891 g/mol. The second kappa shape index (κ2) is 23.1. The molecule has 3 aromatic carbocycles. The van der Waals surface area contributed by atoms with Gasteiger partial charge < -0.3 is 53.1 Å². The molecule has 0 spiro atoms. The third-order valence-corrected chi connectivity index (χ3v) is 12.0. The van der Waals surface area contributed by atoms with Gasteiger partial charge in [0.2, 0.25) is 35.4 Å². The maximum atomic E-state index is 14.8. The zero-order valence-electron chi connectivity index (χ0n) is 37.2. The van der Waals surface area contributed by atoms with Gasteiger partial charge in [0.15, 0.2) is 0 Å². The summed E-state index contributed by atoms with van der Waals surface area (Å²) in [6.07, 6.45) is 4.13. The topological polar surface area (TPSA) is 283 Å². The van der Waals surface area contributed by atoms with Crippen LogP contribution < -0.4 is 38.1 Å². The number of carboxylic acid groups (broad SMARTS) is 1. The van der Waals surface area contributed by atoms with Crippen molar-refractivity contribution >= 4 is 63.2 Å². The molecule has 5 rings (SSSR count). The maximum Gasteiger partial charge on any atom is 0.326 e. The van der Waals surface area contributed by atoms with Gasteiger partial charge in [0.1, 0.15) is 30.2 Å². The Labute approximate surface area is 377 Å². The van der Waals surface area contributed by atoms with Gasteiger partial charge in [-0.05, 0) is 47.1 Å². The van der Waals surface area contributed by atoms with Crippen molar-refractivity contribution in [3.8, 4) is 0 Å². The lowest BCUT2D eigenvalue weighted by Crippen LogP contribution is -2.61. The summed E-state index contributed by atoms with van der Waals surface area (Å²) in [5.74, 6) is -6.21. The SMILES string of the molecule is CC[C@H](C)[C@H](NC(=O)[C@@H](NC(=O)[C@H](Cc1ccccc1)NC(=O)[C@H](Cc1c[nH]c2ccccc12)NC(=O)[C@H](Cc1c[nH]c2ccccc12)NC(=O)[C@@H](N)CCC(N)=O)[C@@H](C)CC)C(=O)O. The van der Waals surface area contributed by atoms with E-state index in [0.717, 1.165) is 21.8 Å². The molecule has 0 aliphatic rings. The summed E-state index contributed by atoms with van der Waals surface area (Å²) in [7, 11) is 0. The van der Waals surface area contributed by atoms with E-state index < -0.39 is 89.5 Å². The molecular weight excluding hydrogens is 831 g/mol. The molecule has 0 aliphatic heterocycles. The van der Waals surface area contributed by atoms with Crippen LogP contribution in [-0.4, -0.2) is 92.7 Å². The van der Waals surface area contributed by atoms with Crippen molar-refractivity contribution in [2.24, 2.45) is 23.3 Å². The van der Waals surface area contributed by atoms with Crippen LogP contribution >= 0.6 is 0 Å². The van der Waals surface area contributed by atoms with Crippen LogP contribution in [0.2, 0.25) is 0 Å². The zero-order chi connectivity index (χ0) is 47.2. The number of hydrogen-bond donors (Lipinski definition) is 10. The molecule has 0 aliphatic carbocycles. The molecule has 0 saturated heterocycles.